The second-order valence-corrected chi connectivity index (χ2v) is 2.45. The zero-order valence-electron chi connectivity index (χ0n) is 5.88. The molecule has 0 aliphatic heterocycles. The summed E-state index contributed by atoms with van der Waals surface area (Å²) >= 11 is 0. The van der Waals surface area contributed by atoms with Crippen LogP contribution >= 0.6 is 0 Å². The van der Waals surface area contributed by atoms with E-state index < -0.39 is 20.8 Å². The van der Waals surface area contributed by atoms with Crippen molar-refractivity contribution in [1.29, 1.82) is 0 Å². The molecular formula is H2Cu3O10S2. The molecule has 0 rings (SSSR count). The zero-order valence-corrected chi connectivity index (χ0v) is 10.3. The van der Waals surface area contributed by atoms with Crippen molar-refractivity contribution in [2.45, 2.75) is 0 Å². The minimum absolute atomic E-state index is 0. The summed E-state index contributed by atoms with van der Waals surface area (Å²) in [5.41, 5.74) is 0. The van der Waals surface area contributed by atoms with Crippen molar-refractivity contribution >= 4 is 20.8 Å². The van der Waals surface area contributed by atoms with E-state index >= 15 is 0 Å². The third-order valence-corrected chi connectivity index (χ3v) is 0. The van der Waals surface area contributed by atoms with Gasteiger partial charge >= 0.3 is 51.2 Å². The molecule has 15 heteroatoms. The first-order valence-electron chi connectivity index (χ1n) is 1.33. The van der Waals surface area contributed by atoms with E-state index in [9.17, 15) is 0 Å². The maximum absolute atomic E-state index is 8.52. The average molecular weight is 417 g/mol. The normalized spacial score (nSPS) is 7.73. The Balaban J connectivity index is -0.0000000128. The predicted octanol–water partition coefficient (Wildman–Crippen LogP) is -3.04. The van der Waals surface area contributed by atoms with Crippen LogP contribution in [-0.2, 0) is 72.0 Å². The minimum atomic E-state index is -5.17. The summed E-state index contributed by atoms with van der Waals surface area (Å²) < 4.78 is 68.2. The van der Waals surface area contributed by atoms with Crippen LogP contribution in [0, 0.1) is 0 Å². The summed E-state index contributed by atoms with van der Waals surface area (Å²) in [5.74, 6) is 0. The van der Waals surface area contributed by atoms with Gasteiger partial charge in [-0.25, -0.2) is 0 Å². The van der Waals surface area contributed by atoms with Gasteiger partial charge in [-0.15, -0.1) is 0 Å². The van der Waals surface area contributed by atoms with E-state index in [1.165, 1.54) is 0 Å². The van der Waals surface area contributed by atoms with Gasteiger partial charge in [0.05, 0.1) is 0 Å². The molecule has 0 aliphatic rings. The summed E-state index contributed by atoms with van der Waals surface area (Å²) in [4.78, 5) is 0. The van der Waals surface area contributed by atoms with Gasteiger partial charge < -0.3 is 29.2 Å². The Labute approximate surface area is 117 Å². The van der Waals surface area contributed by atoms with E-state index in [1.807, 2.05) is 0 Å². The number of rotatable bonds is 0. The first-order valence-corrected chi connectivity index (χ1v) is 4.00. The fourth-order valence-corrected chi connectivity index (χ4v) is 0. The van der Waals surface area contributed by atoms with Gasteiger partial charge in [-0.05, 0) is 0 Å². The van der Waals surface area contributed by atoms with Crippen LogP contribution < -0.4 is 0 Å². The third-order valence-electron chi connectivity index (χ3n) is 0. The van der Waals surface area contributed by atoms with Gasteiger partial charge in [0.25, 0.3) is 0 Å². The Morgan fingerprint density at radius 1 is 0.533 bits per heavy atom. The Bertz CT molecular complexity index is 215. The van der Waals surface area contributed by atoms with Crippen molar-refractivity contribution in [3.8, 4) is 0 Å². The molecule has 0 fully saturated rings. The van der Waals surface area contributed by atoms with Crippen molar-refractivity contribution in [3.63, 3.8) is 0 Å². The van der Waals surface area contributed by atoms with Crippen LogP contribution in [0.5, 0.6) is 0 Å². The fourth-order valence-electron chi connectivity index (χ4n) is 0. The second-order valence-electron chi connectivity index (χ2n) is 0.816. The molecule has 10 nitrogen and oxygen atoms in total. The van der Waals surface area contributed by atoms with Crippen LogP contribution in [0.2, 0.25) is 0 Å². The van der Waals surface area contributed by atoms with Gasteiger partial charge in [-0.3, -0.25) is 16.8 Å². The SMILES string of the molecule is O=S(=O)([O-])[O-].O=S(=O)([O-])[O-].[Cu+2].[Cu+2].[Cu+2].[OH-].[OH-]. The van der Waals surface area contributed by atoms with Crippen molar-refractivity contribution in [2.75, 3.05) is 0 Å². The first kappa shape index (κ1) is 44.2. The van der Waals surface area contributed by atoms with E-state index in [0.29, 0.717) is 0 Å². The molecule has 0 aliphatic carbocycles. The van der Waals surface area contributed by atoms with Crippen molar-refractivity contribution in [2.24, 2.45) is 0 Å². The maximum atomic E-state index is 8.52. The Hall–Kier alpha value is 1.22. The molecule has 0 saturated heterocycles. The largest absolute Gasteiger partial charge is 2.00 e. The maximum Gasteiger partial charge on any atom is 2.00 e. The van der Waals surface area contributed by atoms with Crippen LogP contribution in [0.25, 0.3) is 0 Å². The van der Waals surface area contributed by atoms with Crippen LogP contribution in [-0.4, -0.2) is 46.0 Å². The molecule has 0 bridgehead atoms. The van der Waals surface area contributed by atoms with E-state index in [1.54, 1.807) is 0 Å². The summed E-state index contributed by atoms with van der Waals surface area (Å²) in [6.07, 6.45) is 0. The van der Waals surface area contributed by atoms with Crippen LogP contribution in [0.15, 0.2) is 0 Å². The molecular weight excluding hydrogens is 415 g/mol. The summed E-state index contributed by atoms with van der Waals surface area (Å²) in [6, 6.07) is 0. The molecule has 0 unspecified atom stereocenters. The molecule has 0 aromatic heterocycles. The summed E-state index contributed by atoms with van der Waals surface area (Å²) in [5, 5.41) is 0. The van der Waals surface area contributed by atoms with E-state index in [2.05, 4.69) is 0 Å². The second kappa shape index (κ2) is 17.6. The predicted molar refractivity (Wildman–Crippen MR) is 24.8 cm³/mol. The Morgan fingerprint density at radius 3 is 0.533 bits per heavy atom. The molecule has 0 saturated carbocycles. The van der Waals surface area contributed by atoms with Gasteiger partial charge in [0.2, 0.25) is 0 Å². The molecule has 0 aromatic rings. The van der Waals surface area contributed by atoms with E-state index in [4.69, 9.17) is 35.0 Å². The molecule has 3 radical (unpaired) electrons. The van der Waals surface area contributed by atoms with E-state index in [-0.39, 0.29) is 62.2 Å². The van der Waals surface area contributed by atoms with Crippen LogP contribution in [0.1, 0.15) is 0 Å². The zero-order chi connectivity index (χ0) is 9.00. The molecule has 0 atom stereocenters. The van der Waals surface area contributed by atoms with E-state index in [0.717, 1.165) is 0 Å². The summed E-state index contributed by atoms with van der Waals surface area (Å²) in [6.45, 7) is 0. The molecule has 15 heavy (non-hydrogen) atoms. The van der Waals surface area contributed by atoms with Crippen molar-refractivity contribution in [1.82, 2.24) is 0 Å². The summed E-state index contributed by atoms with van der Waals surface area (Å²) in [7, 11) is -10.3. The van der Waals surface area contributed by atoms with Gasteiger partial charge in [-0.2, -0.15) is 0 Å². The third kappa shape index (κ3) is 1790. The fraction of sp³-hybridized carbons (Fsp3) is 0. The average Bonchev–Trinajstić information content (AvgIpc) is 1.12. The van der Waals surface area contributed by atoms with Gasteiger partial charge in [0.1, 0.15) is 0 Å². The van der Waals surface area contributed by atoms with Crippen molar-refractivity contribution in [3.05, 3.63) is 0 Å². The molecule has 0 heterocycles. The number of hydrogen-bond donors (Lipinski definition) is 0. The molecule has 2 N–H and O–H groups in total. The van der Waals surface area contributed by atoms with Gasteiger partial charge in [0, 0.05) is 20.8 Å². The van der Waals surface area contributed by atoms with Crippen LogP contribution in [0.3, 0.4) is 0 Å². The monoisotopic (exact) mass is 415 g/mol. The molecule has 0 aromatic carbocycles. The van der Waals surface area contributed by atoms with Crippen molar-refractivity contribution < 1.29 is 97.2 Å². The van der Waals surface area contributed by atoms with Crippen LogP contribution in [0.4, 0.5) is 0 Å². The van der Waals surface area contributed by atoms with Gasteiger partial charge in [0.15, 0.2) is 0 Å². The standard InChI is InChI=1S/3Cu.2H2O4S.2H2O/c;;;2*1-5(2,3)4;;/h;;;2*(H2,1,2,3,4);2*1H2/q3*+2;;;;/p-6. The first-order chi connectivity index (χ1) is 4.00. The molecule has 107 valence electrons. The smallest absolute Gasteiger partial charge is 0.870 e. The number of hydrogen-bond acceptors (Lipinski definition) is 10. The molecule has 0 amide bonds. The Kier molecular flexibility index (Phi) is 51.9. The molecule has 0 spiro atoms. The van der Waals surface area contributed by atoms with Gasteiger partial charge in [-0.1, -0.05) is 0 Å². The Morgan fingerprint density at radius 2 is 0.533 bits per heavy atom. The minimum Gasteiger partial charge on any atom is -0.870 e. The topological polar surface area (TPSA) is 221 Å². The quantitative estimate of drug-likeness (QED) is 0.220.